The number of urea groups is 1. The van der Waals surface area contributed by atoms with Gasteiger partial charge in [-0.15, -0.1) is 0 Å². The SMILES string of the molecule is CCC1(C)CCN(C(=O)NCC(C)(CC)C(=O)O)CC1. The summed E-state index contributed by atoms with van der Waals surface area (Å²) in [5.74, 6) is -0.863. The molecule has 0 aromatic carbocycles. The highest BCUT2D eigenvalue weighted by Crippen LogP contribution is 2.33. The van der Waals surface area contributed by atoms with Crippen molar-refractivity contribution < 1.29 is 14.7 Å². The Morgan fingerprint density at radius 1 is 1.30 bits per heavy atom. The van der Waals surface area contributed by atoms with E-state index in [1.807, 2.05) is 6.92 Å². The van der Waals surface area contributed by atoms with Crippen LogP contribution in [0, 0.1) is 10.8 Å². The third-order valence-corrected chi connectivity index (χ3v) is 5.04. The van der Waals surface area contributed by atoms with Crippen LogP contribution in [0.4, 0.5) is 4.79 Å². The number of nitrogens with zero attached hydrogens (tertiary/aromatic N) is 1. The van der Waals surface area contributed by atoms with Gasteiger partial charge in [-0.25, -0.2) is 4.79 Å². The maximum absolute atomic E-state index is 12.1. The van der Waals surface area contributed by atoms with E-state index in [9.17, 15) is 14.7 Å². The van der Waals surface area contributed by atoms with Crippen molar-refractivity contribution in [3.63, 3.8) is 0 Å². The number of hydrogen-bond donors (Lipinski definition) is 2. The Balaban J connectivity index is 2.47. The van der Waals surface area contributed by atoms with E-state index in [1.165, 1.54) is 0 Å². The number of carboxylic acid groups (broad SMARTS) is 1. The Kier molecular flexibility index (Phi) is 5.42. The third kappa shape index (κ3) is 3.87. The Bertz CT molecular complexity index is 362. The molecule has 0 aliphatic carbocycles. The fraction of sp³-hybridized carbons (Fsp3) is 0.867. The lowest BCUT2D eigenvalue weighted by Gasteiger charge is -2.39. The number of likely N-dealkylation sites (tertiary alicyclic amines) is 1. The van der Waals surface area contributed by atoms with Gasteiger partial charge in [-0.3, -0.25) is 4.79 Å². The first-order valence-corrected chi connectivity index (χ1v) is 7.52. The van der Waals surface area contributed by atoms with Crippen LogP contribution in [0.15, 0.2) is 0 Å². The average molecular weight is 284 g/mol. The van der Waals surface area contributed by atoms with Gasteiger partial charge in [0, 0.05) is 19.6 Å². The quantitative estimate of drug-likeness (QED) is 0.815. The van der Waals surface area contributed by atoms with Crippen molar-refractivity contribution in [3.05, 3.63) is 0 Å². The first-order chi connectivity index (χ1) is 9.26. The molecule has 1 heterocycles. The largest absolute Gasteiger partial charge is 0.481 e. The van der Waals surface area contributed by atoms with Crippen molar-refractivity contribution in [1.82, 2.24) is 10.2 Å². The fourth-order valence-electron chi connectivity index (χ4n) is 2.34. The summed E-state index contributed by atoms with van der Waals surface area (Å²) in [5.41, 5.74) is -0.543. The van der Waals surface area contributed by atoms with Gasteiger partial charge in [-0.2, -0.15) is 0 Å². The van der Waals surface area contributed by atoms with Crippen LogP contribution in [0.3, 0.4) is 0 Å². The lowest BCUT2D eigenvalue weighted by molar-refractivity contribution is -0.147. The number of carboxylic acids is 1. The normalized spacial score (nSPS) is 21.1. The molecule has 1 aliphatic heterocycles. The zero-order valence-electron chi connectivity index (χ0n) is 13.2. The van der Waals surface area contributed by atoms with Crippen LogP contribution in [-0.4, -0.2) is 41.6 Å². The summed E-state index contributed by atoms with van der Waals surface area (Å²) < 4.78 is 0. The molecule has 1 rings (SSSR count). The van der Waals surface area contributed by atoms with Gasteiger partial charge in [0.05, 0.1) is 5.41 Å². The molecule has 1 unspecified atom stereocenters. The highest BCUT2D eigenvalue weighted by atomic mass is 16.4. The summed E-state index contributed by atoms with van der Waals surface area (Å²) in [4.78, 5) is 25.1. The number of amides is 2. The Labute approximate surface area is 121 Å². The maximum atomic E-state index is 12.1. The zero-order valence-corrected chi connectivity index (χ0v) is 13.2. The summed E-state index contributed by atoms with van der Waals surface area (Å²) >= 11 is 0. The molecule has 0 saturated carbocycles. The van der Waals surface area contributed by atoms with E-state index in [-0.39, 0.29) is 12.6 Å². The smallest absolute Gasteiger partial charge is 0.317 e. The van der Waals surface area contributed by atoms with Crippen LogP contribution < -0.4 is 5.32 Å². The van der Waals surface area contributed by atoms with Crippen molar-refractivity contribution in [2.75, 3.05) is 19.6 Å². The molecule has 5 heteroatoms. The Morgan fingerprint density at radius 3 is 2.25 bits per heavy atom. The lowest BCUT2D eigenvalue weighted by atomic mass is 9.78. The number of piperidine rings is 1. The molecule has 1 fully saturated rings. The van der Waals surface area contributed by atoms with Crippen LogP contribution >= 0.6 is 0 Å². The van der Waals surface area contributed by atoms with Gasteiger partial charge in [0.25, 0.3) is 0 Å². The van der Waals surface area contributed by atoms with E-state index in [0.29, 0.717) is 11.8 Å². The number of rotatable bonds is 5. The Morgan fingerprint density at radius 2 is 1.85 bits per heavy atom. The molecule has 1 saturated heterocycles. The number of hydrogen-bond acceptors (Lipinski definition) is 2. The molecule has 0 aromatic heterocycles. The van der Waals surface area contributed by atoms with E-state index in [4.69, 9.17) is 0 Å². The molecule has 1 atom stereocenters. The number of nitrogens with one attached hydrogen (secondary N) is 1. The lowest BCUT2D eigenvalue weighted by Crippen LogP contribution is -2.49. The second-order valence-electron chi connectivity index (χ2n) is 6.53. The van der Waals surface area contributed by atoms with E-state index in [0.717, 1.165) is 32.4 Å². The monoisotopic (exact) mass is 284 g/mol. The highest BCUT2D eigenvalue weighted by Gasteiger charge is 2.34. The minimum atomic E-state index is -0.886. The molecule has 116 valence electrons. The second kappa shape index (κ2) is 6.46. The minimum absolute atomic E-state index is 0.135. The number of carbonyl (C=O) groups excluding carboxylic acids is 1. The van der Waals surface area contributed by atoms with E-state index in [2.05, 4.69) is 19.2 Å². The molecule has 1 aliphatic rings. The van der Waals surface area contributed by atoms with Gasteiger partial charge in [-0.1, -0.05) is 27.2 Å². The first kappa shape index (κ1) is 16.8. The predicted molar refractivity (Wildman–Crippen MR) is 78.6 cm³/mol. The fourth-order valence-corrected chi connectivity index (χ4v) is 2.34. The van der Waals surface area contributed by atoms with Gasteiger partial charge in [0.1, 0.15) is 0 Å². The van der Waals surface area contributed by atoms with Crippen molar-refractivity contribution in [2.24, 2.45) is 10.8 Å². The molecule has 0 spiro atoms. The minimum Gasteiger partial charge on any atom is -0.481 e. The van der Waals surface area contributed by atoms with E-state index < -0.39 is 11.4 Å². The van der Waals surface area contributed by atoms with Crippen molar-refractivity contribution in [2.45, 2.75) is 53.4 Å². The summed E-state index contributed by atoms with van der Waals surface area (Å²) in [5, 5.41) is 12.0. The number of carbonyl (C=O) groups is 2. The summed E-state index contributed by atoms with van der Waals surface area (Å²) in [6, 6.07) is -0.135. The van der Waals surface area contributed by atoms with E-state index >= 15 is 0 Å². The van der Waals surface area contributed by atoms with Crippen LogP contribution in [0.1, 0.15) is 53.4 Å². The summed E-state index contributed by atoms with van der Waals surface area (Å²) in [6.07, 6.45) is 3.66. The van der Waals surface area contributed by atoms with Gasteiger partial charge in [0.15, 0.2) is 0 Å². The van der Waals surface area contributed by atoms with Gasteiger partial charge in [0.2, 0.25) is 0 Å². The van der Waals surface area contributed by atoms with Gasteiger partial charge >= 0.3 is 12.0 Å². The van der Waals surface area contributed by atoms with Crippen LogP contribution in [0.5, 0.6) is 0 Å². The van der Waals surface area contributed by atoms with Gasteiger partial charge in [-0.05, 0) is 31.6 Å². The number of aliphatic carboxylic acids is 1. The maximum Gasteiger partial charge on any atom is 0.317 e. The molecule has 0 bridgehead atoms. The van der Waals surface area contributed by atoms with E-state index in [1.54, 1.807) is 11.8 Å². The summed E-state index contributed by atoms with van der Waals surface area (Å²) in [6.45, 7) is 9.64. The van der Waals surface area contributed by atoms with Crippen molar-refractivity contribution >= 4 is 12.0 Å². The summed E-state index contributed by atoms with van der Waals surface area (Å²) in [7, 11) is 0. The van der Waals surface area contributed by atoms with Crippen molar-refractivity contribution in [3.8, 4) is 0 Å². The van der Waals surface area contributed by atoms with Gasteiger partial charge < -0.3 is 15.3 Å². The average Bonchev–Trinajstić information content (AvgIpc) is 2.45. The molecule has 0 radical (unpaired) electrons. The molecular formula is C15H28N2O3. The molecule has 0 aromatic rings. The Hall–Kier alpha value is -1.26. The topological polar surface area (TPSA) is 69.6 Å². The molecule has 2 N–H and O–H groups in total. The van der Waals surface area contributed by atoms with Crippen LogP contribution in [0.2, 0.25) is 0 Å². The highest BCUT2D eigenvalue weighted by molar-refractivity contribution is 5.78. The van der Waals surface area contributed by atoms with Crippen molar-refractivity contribution in [1.29, 1.82) is 0 Å². The second-order valence-corrected chi connectivity index (χ2v) is 6.53. The van der Waals surface area contributed by atoms with Crippen LogP contribution in [0.25, 0.3) is 0 Å². The molecule has 5 nitrogen and oxygen atoms in total. The molecule has 20 heavy (non-hydrogen) atoms. The van der Waals surface area contributed by atoms with Crippen LogP contribution in [-0.2, 0) is 4.79 Å². The predicted octanol–water partition coefficient (Wildman–Crippen LogP) is 2.71. The standard InChI is InChI=1S/C15H28N2O3/c1-5-14(3)7-9-17(10-8-14)13(20)16-11-15(4,6-2)12(18)19/h5-11H2,1-4H3,(H,16,20)(H,18,19). The third-order valence-electron chi connectivity index (χ3n) is 5.04. The first-order valence-electron chi connectivity index (χ1n) is 7.52. The molecule has 2 amide bonds. The molecular weight excluding hydrogens is 256 g/mol. The zero-order chi connectivity index (χ0) is 15.4.